The topological polar surface area (TPSA) is 121 Å². The van der Waals surface area contributed by atoms with Crippen molar-refractivity contribution in [2.24, 2.45) is 0 Å². The third-order valence-corrected chi connectivity index (χ3v) is 5.07. The van der Waals surface area contributed by atoms with Crippen molar-refractivity contribution in [3.8, 4) is 6.07 Å². The quantitative estimate of drug-likeness (QED) is 0.684. The first kappa shape index (κ1) is 19.5. The van der Waals surface area contributed by atoms with E-state index in [1.807, 2.05) is 6.07 Å². The largest absolute Gasteiger partial charge is 0.383 e. The number of para-hydroxylation sites is 1. The lowest BCUT2D eigenvalue weighted by Gasteiger charge is -2.22. The van der Waals surface area contributed by atoms with Gasteiger partial charge in [0.15, 0.2) is 0 Å². The second kappa shape index (κ2) is 7.91. The fourth-order valence-corrected chi connectivity index (χ4v) is 3.65. The Balaban J connectivity index is 1.78. The van der Waals surface area contributed by atoms with Crippen LogP contribution in [0, 0.1) is 17.1 Å². The van der Waals surface area contributed by atoms with Crippen molar-refractivity contribution in [1.82, 2.24) is 19.9 Å². The fourth-order valence-electron chi connectivity index (χ4n) is 3.65. The number of carbonyl (C=O) groups excluding carboxylic acids is 1. The van der Waals surface area contributed by atoms with Crippen LogP contribution in [0.4, 0.5) is 16.0 Å². The molecule has 0 unspecified atom stereocenters. The number of carbonyl (C=O) groups is 1. The number of likely N-dealkylation sites (tertiary alicyclic amines) is 1. The molecular formula is C21H20FN7O. The number of nitrogens with one attached hydrogen (secondary N) is 1. The number of hydrogen-bond acceptors (Lipinski definition) is 7. The van der Waals surface area contributed by atoms with E-state index in [-0.39, 0.29) is 23.1 Å². The van der Waals surface area contributed by atoms with Gasteiger partial charge in [-0.25, -0.2) is 19.3 Å². The molecule has 1 aliphatic heterocycles. The highest BCUT2D eigenvalue weighted by Crippen LogP contribution is 2.27. The second-order valence-electron chi connectivity index (χ2n) is 7.21. The van der Waals surface area contributed by atoms with Gasteiger partial charge in [0.25, 0.3) is 5.91 Å². The van der Waals surface area contributed by atoms with E-state index in [2.05, 4.69) is 20.3 Å². The molecule has 0 radical (unpaired) electrons. The number of fused-ring (bicyclic) bond motifs is 1. The molecule has 2 aromatic heterocycles. The monoisotopic (exact) mass is 405 g/mol. The molecule has 0 bridgehead atoms. The van der Waals surface area contributed by atoms with Gasteiger partial charge in [-0.3, -0.25) is 4.79 Å². The summed E-state index contributed by atoms with van der Waals surface area (Å²) in [6.45, 7) is 3.17. The standard InChI is InChI=1S/C21H20FN7O/c1-12(25-17-10-16(24)26-18(11-23)27-17)19-14(21(30)29-7-2-3-8-29)9-13-5-4-6-15(22)20(13)28-19/h4-6,9-10,12H,2-3,7-8H2,1H3,(H3,24,25,26,27)/t12-/m0/s1. The number of aromatic nitrogens is 3. The molecule has 3 N–H and O–H groups in total. The Morgan fingerprint density at radius 3 is 2.77 bits per heavy atom. The van der Waals surface area contributed by atoms with Crippen LogP contribution in [-0.4, -0.2) is 38.8 Å². The Bertz CT molecular complexity index is 1170. The average molecular weight is 405 g/mol. The van der Waals surface area contributed by atoms with Crippen LogP contribution in [0.2, 0.25) is 0 Å². The Labute approximate surface area is 172 Å². The molecule has 0 spiro atoms. The van der Waals surface area contributed by atoms with E-state index in [4.69, 9.17) is 11.0 Å². The van der Waals surface area contributed by atoms with Gasteiger partial charge in [0, 0.05) is 24.5 Å². The number of anilines is 2. The van der Waals surface area contributed by atoms with E-state index in [9.17, 15) is 9.18 Å². The predicted octanol–water partition coefficient (Wildman–Crippen LogP) is 3.03. The van der Waals surface area contributed by atoms with Gasteiger partial charge in [0.2, 0.25) is 5.82 Å². The second-order valence-corrected chi connectivity index (χ2v) is 7.21. The summed E-state index contributed by atoms with van der Waals surface area (Å²) >= 11 is 0. The normalized spacial score (nSPS) is 14.5. The fraction of sp³-hybridized carbons (Fsp3) is 0.286. The van der Waals surface area contributed by atoms with E-state index in [0.29, 0.717) is 35.6 Å². The van der Waals surface area contributed by atoms with Gasteiger partial charge in [-0.1, -0.05) is 12.1 Å². The summed E-state index contributed by atoms with van der Waals surface area (Å²) in [6.07, 6.45) is 1.92. The van der Waals surface area contributed by atoms with Gasteiger partial charge in [-0.05, 0) is 31.9 Å². The number of halogens is 1. The molecule has 1 aromatic carbocycles. The highest BCUT2D eigenvalue weighted by atomic mass is 19.1. The van der Waals surface area contributed by atoms with Crippen molar-refractivity contribution < 1.29 is 9.18 Å². The smallest absolute Gasteiger partial charge is 0.255 e. The average Bonchev–Trinajstić information content (AvgIpc) is 3.27. The van der Waals surface area contributed by atoms with Crippen LogP contribution in [0.25, 0.3) is 10.9 Å². The lowest BCUT2D eigenvalue weighted by Crippen LogP contribution is -2.29. The third-order valence-electron chi connectivity index (χ3n) is 5.07. The molecule has 1 atom stereocenters. The molecule has 1 saturated heterocycles. The van der Waals surface area contributed by atoms with Gasteiger partial charge in [-0.15, -0.1) is 0 Å². The van der Waals surface area contributed by atoms with Gasteiger partial charge >= 0.3 is 0 Å². The summed E-state index contributed by atoms with van der Waals surface area (Å²) in [5.41, 5.74) is 6.75. The molecule has 4 rings (SSSR count). The number of nitriles is 1. The number of nitrogens with two attached hydrogens (primary N) is 1. The number of hydrogen-bond donors (Lipinski definition) is 2. The first-order valence-electron chi connectivity index (χ1n) is 9.66. The Morgan fingerprint density at radius 2 is 2.03 bits per heavy atom. The van der Waals surface area contributed by atoms with Gasteiger partial charge < -0.3 is 16.0 Å². The summed E-state index contributed by atoms with van der Waals surface area (Å²) < 4.78 is 14.4. The Hall–Kier alpha value is -3.80. The molecule has 8 nitrogen and oxygen atoms in total. The molecule has 3 aromatic rings. The lowest BCUT2D eigenvalue weighted by atomic mass is 10.0. The van der Waals surface area contributed by atoms with Gasteiger partial charge in [0.1, 0.15) is 29.0 Å². The van der Waals surface area contributed by atoms with Crippen LogP contribution in [0.3, 0.4) is 0 Å². The van der Waals surface area contributed by atoms with Crippen molar-refractivity contribution in [2.75, 3.05) is 24.1 Å². The molecule has 1 amide bonds. The summed E-state index contributed by atoms with van der Waals surface area (Å²) in [7, 11) is 0. The van der Waals surface area contributed by atoms with Crippen LogP contribution >= 0.6 is 0 Å². The van der Waals surface area contributed by atoms with E-state index in [1.54, 1.807) is 30.0 Å². The first-order valence-corrected chi connectivity index (χ1v) is 9.66. The molecular weight excluding hydrogens is 385 g/mol. The minimum atomic E-state index is -0.503. The van der Waals surface area contributed by atoms with E-state index in [1.165, 1.54) is 12.1 Å². The SMILES string of the molecule is C[C@H](Nc1cc(N)nc(C#N)n1)c1nc2c(F)cccc2cc1C(=O)N1CCCC1. The van der Waals surface area contributed by atoms with Crippen molar-refractivity contribution in [3.63, 3.8) is 0 Å². The van der Waals surface area contributed by atoms with Crippen molar-refractivity contribution in [2.45, 2.75) is 25.8 Å². The molecule has 0 saturated carbocycles. The zero-order chi connectivity index (χ0) is 21.3. The van der Waals surface area contributed by atoms with Crippen LogP contribution in [0.5, 0.6) is 0 Å². The minimum Gasteiger partial charge on any atom is -0.383 e. The van der Waals surface area contributed by atoms with E-state index >= 15 is 0 Å². The number of pyridine rings is 1. The maximum absolute atomic E-state index is 14.4. The molecule has 30 heavy (non-hydrogen) atoms. The van der Waals surface area contributed by atoms with Crippen LogP contribution in [0.1, 0.15) is 47.7 Å². The highest BCUT2D eigenvalue weighted by Gasteiger charge is 2.26. The van der Waals surface area contributed by atoms with Crippen LogP contribution in [-0.2, 0) is 0 Å². The van der Waals surface area contributed by atoms with Crippen molar-refractivity contribution in [3.05, 3.63) is 53.2 Å². The van der Waals surface area contributed by atoms with Gasteiger partial charge in [0.05, 0.1) is 17.3 Å². The maximum Gasteiger partial charge on any atom is 0.255 e. The number of amides is 1. The maximum atomic E-state index is 14.4. The zero-order valence-corrected chi connectivity index (χ0v) is 16.4. The lowest BCUT2D eigenvalue weighted by molar-refractivity contribution is 0.0791. The third kappa shape index (κ3) is 3.72. The molecule has 1 fully saturated rings. The zero-order valence-electron chi connectivity index (χ0n) is 16.4. The molecule has 152 valence electrons. The summed E-state index contributed by atoms with van der Waals surface area (Å²) in [5.74, 6) is -0.201. The number of nitrogens with zero attached hydrogens (tertiary/aromatic N) is 5. The number of benzene rings is 1. The van der Waals surface area contributed by atoms with Crippen LogP contribution < -0.4 is 11.1 Å². The Morgan fingerprint density at radius 1 is 1.27 bits per heavy atom. The first-order chi connectivity index (χ1) is 14.5. The molecule has 0 aliphatic carbocycles. The minimum absolute atomic E-state index is 0.0735. The van der Waals surface area contributed by atoms with Crippen molar-refractivity contribution >= 4 is 28.4 Å². The molecule has 1 aliphatic rings. The highest BCUT2D eigenvalue weighted by molar-refractivity contribution is 5.99. The molecule has 9 heteroatoms. The van der Waals surface area contributed by atoms with E-state index in [0.717, 1.165) is 12.8 Å². The summed E-state index contributed by atoms with van der Waals surface area (Å²) in [6, 6.07) is 9.19. The van der Waals surface area contributed by atoms with Crippen LogP contribution in [0.15, 0.2) is 30.3 Å². The predicted molar refractivity (Wildman–Crippen MR) is 110 cm³/mol. The van der Waals surface area contributed by atoms with E-state index < -0.39 is 11.9 Å². The Kier molecular flexibility index (Phi) is 5.14. The number of nitrogen functional groups attached to an aromatic ring is 1. The van der Waals surface area contributed by atoms with Gasteiger partial charge in [-0.2, -0.15) is 5.26 Å². The summed E-state index contributed by atoms with van der Waals surface area (Å²) in [4.78, 5) is 27.4. The van der Waals surface area contributed by atoms with Crippen molar-refractivity contribution in [1.29, 1.82) is 5.26 Å². The summed E-state index contributed by atoms with van der Waals surface area (Å²) in [5, 5.41) is 12.7. The number of rotatable bonds is 4. The molecule has 3 heterocycles.